The molecule has 0 spiro atoms. The third-order valence-electron chi connectivity index (χ3n) is 4.16. The van der Waals surface area contributed by atoms with Crippen LogP contribution in [0.25, 0.3) is 10.9 Å². The van der Waals surface area contributed by atoms with Gasteiger partial charge in [0.15, 0.2) is 0 Å². The molecule has 0 fully saturated rings. The van der Waals surface area contributed by atoms with Crippen LogP contribution in [0, 0.1) is 6.92 Å². The van der Waals surface area contributed by atoms with E-state index in [0.29, 0.717) is 5.56 Å². The minimum atomic E-state index is -0.293. The third kappa shape index (κ3) is 2.80. The van der Waals surface area contributed by atoms with Crippen molar-refractivity contribution in [2.45, 2.75) is 20.3 Å². The lowest BCUT2D eigenvalue weighted by Gasteiger charge is -2.15. The van der Waals surface area contributed by atoms with Gasteiger partial charge >= 0.3 is 0 Å². The Labute approximate surface area is 140 Å². The number of para-hydroxylation sites is 1. The maximum atomic E-state index is 12.6. The van der Waals surface area contributed by atoms with E-state index in [9.17, 15) is 9.59 Å². The fourth-order valence-electron chi connectivity index (χ4n) is 2.83. The van der Waals surface area contributed by atoms with Crippen molar-refractivity contribution >= 4 is 22.5 Å². The van der Waals surface area contributed by atoms with E-state index in [2.05, 4.69) is 10.3 Å². The number of amides is 1. The van der Waals surface area contributed by atoms with E-state index in [1.54, 1.807) is 19.3 Å². The molecule has 5 heteroatoms. The molecule has 0 atom stereocenters. The van der Waals surface area contributed by atoms with Crippen molar-refractivity contribution < 1.29 is 4.79 Å². The zero-order valence-electron chi connectivity index (χ0n) is 14.0. The van der Waals surface area contributed by atoms with E-state index in [1.165, 1.54) is 10.6 Å². The van der Waals surface area contributed by atoms with E-state index in [4.69, 9.17) is 0 Å². The number of aromatic nitrogens is 2. The zero-order valence-corrected chi connectivity index (χ0v) is 14.0. The predicted molar refractivity (Wildman–Crippen MR) is 95.5 cm³/mol. The Morgan fingerprint density at radius 3 is 2.71 bits per heavy atom. The number of benzene rings is 1. The number of carbonyl (C=O) groups excluding carboxylic acids is 1. The number of fused-ring (bicyclic) bond motifs is 1. The Morgan fingerprint density at radius 2 is 2.00 bits per heavy atom. The Balaban J connectivity index is 2.10. The molecule has 0 aliphatic carbocycles. The molecular weight excluding hydrogens is 302 g/mol. The molecule has 1 amide bonds. The summed E-state index contributed by atoms with van der Waals surface area (Å²) >= 11 is 0. The van der Waals surface area contributed by atoms with Crippen molar-refractivity contribution in [3.8, 4) is 0 Å². The van der Waals surface area contributed by atoms with Crippen LogP contribution in [0.15, 0.2) is 47.4 Å². The normalized spacial score (nSPS) is 10.8. The number of rotatable bonds is 3. The lowest BCUT2D eigenvalue weighted by atomic mass is 10.0. The van der Waals surface area contributed by atoms with E-state index >= 15 is 0 Å². The Morgan fingerprint density at radius 1 is 1.25 bits per heavy atom. The van der Waals surface area contributed by atoms with Gasteiger partial charge in [0.05, 0.1) is 11.2 Å². The lowest BCUT2D eigenvalue weighted by molar-refractivity contribution is 0.102. The molecule has 24 heavy (non-hydrogen) atoms. The molecule has 3 aromatic rings. The van der Waals surface area contributed by atoms with Crippen molar-refractivity contribution in [2.24, 2.45) is 7.05 Å². The summed E-state index contributed by atoms with van der Waals surface area (Å²) in [6.07, 6.45) is 2.35. The van der Waals surface area contributed by atoms with Gasteiger partial charge in [-0.15, -0.1) is 0 Å². The van der Waals surface area contributed by atoms with Crippen LogP contribution in [0.1, 0.15) is 28.5 Å². The first-order valence-electron chi connectivity index (χ1n) is 7.87. The second kappa shape index (κ2) is 6.28. The molecule has 0 saturated heterocycles. The monoisotopic (exact) mass is 321 g/mol. The summed E-state index contributed by atoms with van der Waals surface area (Å²) in [4.78, 5) is 29.0. The van der Waals surface area contributed by atoms with Crippen LogP contribution < -0.4 is 10.9 Å². The van der Waals surface area contributed by atoms with Crippen LogP contribution >= 0.6 is 0 Å². The van der Waals surface area contributed by atoms with Gasteiger partial charge < -0.3 is 9.88 Å². The Kier molecular flexibility index (Phi) is 4.16. The molecule has 1 N–H and O–H groups in total. The highest BCUT2D eigenvalue weighted by atomic mass is 16.2. The molecule has 122 valence electrons. The van der Waals surface area contributed by atoms with E-state index in [1.807, 2.05) is 38.1 Å². The zero-order chi connectivity index (χ0) is 17.3. The number of anilines is 1. The fourth-order valence-corrected chi connectivity index (χ4v) is 2.83. The molecule has 0 saturated carbocycles. The van der Waals surface area contributed by atoms with Crippen molar-refractivity contribution in [1.29, 1.82) is 0 Å². The first-order chi connectivity index (χ1) is 11.5. The third-order valence-corrected chi connectivity index (χ3v) is 4.16. The van der Waals surface area contributed by atoms with E-state index in [0.717, 1.165) is 34.3 Å². The topological polar surface area (TPSA) is 64.0 Å². The molecule has 0 unspecified atom stereocenters. The quantitative estimate of drug-likeness (QED) is 0.806. The number of nitrogens with one attached hydrogen (secondary N) is 1. The molecule has 0 radical (unpaired) electrons. The van der Waals surface area contributed by atoms with Gasteiger partial charge in [0.2, 0.25) is 0 Å². The minimum Gasteiger partial charge on any atom is -0.321 e. The number of pyridine rings is 2. The van der Waals surface area contributed by atoms with Gasteiger partial charge in [-0.1, -0.05) is 25.1 Å². The largest absolute Gasteiger partial charge is 0.321 e. The average Bonchev–Trinajstić information content (AvgIpc) is 2.57. The van der Waals surface area contributed by atoms with Crippen LogP contribution in [0.2, 0.25) is 0 Å². The van der Waals surface area contributed by atoms with Gasteiger partial charge in [-0.25, -0.2) is 0 Å². The van der Waals surface area contributed by atoms with Crippen LogP contribution in [0.3, 0.4) is 0 Å². The van der Waals surface area contributed by atoms with Crippen LogP contribution in [-0.4, -0.2) is 15.5 Å². The van der Waals surface area contributed by atoms with Gasteiger partial charge in [-0.05, 0) is 31.0 Å². The molecule has 2 aromatic heterocycles. The summed E-state index contributed by atoms with van der Waals surface area (Å²) in [5, 5.41) is 3.88. The first kappa shape index (κ1) is 15.9. The van der Waals surface area contributed by atoms with Gasteiger partial charge in [-0.2, -0.15) is 0 Å². The maximum absolute atomic E-state index is 12.6. The smallest absolute Gasteiger partial charge is 0.255 e. The van der Waals surface area contributed by atoms with Gasteiger partial charge in [0.25, 0.3) is 11.5 Å². The highest BCUT2D eigenvalue weighted by molar-refractivity contribution is 6.09. The molecule has 0 bridgehead atoms. The predicted octanol–water partition coefficient (Wildman–Crippen LogP) is 3.06. The number of hydrogen-bond acceptors (Lipinski definition) is 3. The fraction of sp³-hybridized carbons (Fsp3) is 0.211. The molecule has 0 aliphatic heterocycles. The van der Waals surface area contributed by atoms with Gasteiger partial charge in [0, 0.05) is 36.0 Å². The number of hydrogen-bond donors (Lipinski definition) is 1. The summed E-state index contributed by atoms with van der Waals surface area (Å²) in [5.41, 5.74) is 3.65. The summed E-state index contributed by atoms with van der Waals surface area (Å²) in [5.74, 6) is -0.293. The summed E-state index contributed by atoms with van der Waals surface area (Å²) in [6, 6.07) is 10.7. The standard InChI is InChI=1S/C19H19N3O2/c1-4-14-12(2)20-16-8-6-5-7-15(16)18(14)21-19(24)13-9-10-22(3)17(23)11-13/h5-11H,4H2,1-3H3,(H,20,21,24). The van der Waals surface area contributed by atoms with Gasteiger partial charge in [0.1, 0.15) is 0 Å². The molecule has 1 aromatic carbocycles. The maximum Gasteiger partial charge on any atom is 0.255 e. The van der Waals surface area contributed by atoms with Crippen LogP contribution in [-0.2, 0) is 13.5 Å². The molecular formula is C19H19N3O2. The Hall–Kier alpha value is -2.95. The highest BCUT2D eigenvalue weighted by Crippen LogP contribution is 2.29. The van der Waals surface area contributed by atoms with E-state index < -0.39 is 0 Å². The Bertz CT molecular complexity index is 990. The minimum absolute atomic E-state index is 0.214. The summed E-state index contributed by atoms with van der Waals surface area (Å²) in [6.45, 7) is 3.98. The van der Waals surface area contributed by atoms with Crippen LogP contribution in [0.4, 0.5) is 5.69 Å². The first-order valence-corrected chi connectivity index (χ1v) is 7.87. The summed E-state index contributed by atoms with van der Waals surface area (Å²) in [7, 11) is 1.65. The van der Waals surface area contributed by atoms with Crippen LogP contribution in [0.5, 0.6) is 0 Å². The van der Waals surface area contributed by atoms with Crippen molar-refractivity contribution in [3.63, 3.8) is 0 Å². The van der Waals surface area contributed by atoms with Crippen molar-refractivity contribution in [2.75, 3.05) is 5.32 Å². The SMILES string of the molecule is CCc1c(C)nc2ccccc2c1NC(=O)c1ccn(C)c(=O)c1. The number of carbonyl (C=O) groups is 1. The second-order valence-corrected chi connectivity index (χ2v) is 5.74. The highest BCUT2D eigenvalue weighted by Gasteiger charge is 2.15. The molecule has 5 nitrogen and oxygen atoms in total. The molecule has 2 heterocycles. The van der Waals surface area contributed by atoms with Crippen molar-refractivity contribution in [1.82, 2.24) is 9.55 Å². The number of aryl methyl sites for hydroxylation is 2. The average molecular weight is 321 g/mol. The van der Waals surface area contributed by atoms with E-state index in [-0.39, 0.29) is 11.5 Å². The second-order valence-electron chi connectivity index (χ2n) is 5.74. The number of nitrogens with zero attached hydrogens (tertiary/aromatic N) is 2. The van der Waals surface area contributed by atoms with Gasteiger partial charge in [-0.3, -0.25) is 14.6 Å². The summed E-state index contributed by atoms with van der Waals surface area (Å²) < 4.78 is 1.43. The van der Waals surface area contributed by atoms with Crippen molar-refractivity contribution in [3.05, 3.63) is 69.8 Å². The molecule has 3 rings (SSSR count). The molecule has 0 aliphatic rings. The lowest BCUT2D eigenvalue weighted by Crippen LogP contribution is -2.20.